The van der Waals surface area contributed by atoms with Gasteiger partial charge in [0, 0.05) is 23.9 Å². The van der Waals surface area contributed by atoms with Crippen LogP contribution < -0.4 is 5.32 Å². The van der Waals surface area contributed by atoms with Crippen molar-refractivity contribution in [3.05, 3.63) is 41.1 Å². The molecule has 1 fully saturated rings. The monoisotopic (exact) mass is 401 g/mol. The zero-order valence-electron chi connectivity index (χ0n) is 16.8. The summed E-state index contributed by atoms with van der Waals surface area (Å²) in [5.41, 5.74) is 3.03. The molecule has 7 heteroatoms. The largest absolute Gasteiger partial charge is 0.463 e. The number of carbonyl (C=O) groups is 2. The minimum Gasteiger partial charge on any atom is -0.463 e. The predicted molar refractivity (Wildman–Crippen MR) is 113 cm³/mol. The molecule has 1 saturated heterocycles. The highest BCUT2D eigenvalue weighted by Crippen LogP contribution is 2.40. The number of esters is 1. The van der Waals surface area contributed by atoms with Gasteiger partial charge in [-0.1, -0.05) is 37.7 Å². The molecule has 1 atom stereocenters. The first-order valence-corrected chi connectivity index (χ1v) is 10.7. The Morgan fingerprint density at radius 2 is 2.04 bits per heavy atom. The van der Waals surface area contributed by atoms with E-state index in [4.69, 9.17) is 4.74 Å². The molecule has 0 radical (unpaired) electrons. The molecule has 1 aromatic rings. The number of anilines is 1. The number of carbonyl (C=O) groups excluding carboxylic acids is 2. The SMILES string of the molecule is CCOC(=O)C1=C(C)N=C2SCCCN2C1c1ccc(NC(=O)C(C)C)cc1. The molecular formula is C21H27N3O3S. The van der Waals surface area contributed by atoms with Crippen molar-refractivity contribution in [1.82, 2.24) is 4.90 Å². The number of ether oxygens (including phenoxy) is 1. The Balaban J connectivity index is 1.95. The average molecular weight is 402 g/mol. The summed E-state index contributed by atoms with van der Waals surface area (Å²) in [6.45, 7) is 8.57. The van der Waals surface area contributed by atoms with Gasteiger partial charge in [0.25, 0.3) is 0 Å². The van der Waals surface area contributed by atoms with Gasteiger partial charge in [0.05, 0.1) is 23.9 Å². The van der Waals surface area contributed by atoms with E-state index in [0.29, 0.717) is 17.9 Å². The maximum atomic E-state index is 12.7. The summed E-state index contributed by atoms with van der Waals surface area (Å²) in [5, 5.41) is 3.86. The van der Waals surface area contributed by atoms with Crippen LogP contribution in [-0.4, -0.2) is 40.8 Å². The fourth-order valence-electron chi connectivity index (χ4n) is 3.32. The van der Waals surface area contributed by atoms with Gasteiger partial charge >= 0.3 is 5.97 Å². The highest BCUT2D eigenvalue weighted by molar-refractivity contribution is 8.13. The fraction of sp³-hybridized carbons (Fsp3) is 0.476. The molecule has 0 aromatic heterocycles. The first-order valence-electron chi connectivity index (χ1n) is 9.69. The molecule has 1 unspecified atom stereocenters. The fourth-order valence-corrected chi connectivity index (χ4v) is 4.34. The number of nitrogens with zero attached hydrogens (tertiary/aromatic N) is 2. The summed E-state index contributed by atoms with van der Waals surface area (Å²) in [4.78, 5) is 31.5. The average Bonchev–Trinajstić information content (AvgIpc) is 2.67. The molecular weight excluding hydrogens is 374 g/mol. The van der Waals surface area contributed by atoms with Gasteiger partial charge in [-0.3, -0.25) is 4.79 Å². The van der Waals surface area contributed by atoms with Gasteiger partial charge in [0.2, 0.25) is 5.91 Å². The van der Waals surface area contributed by atoms with E-state index in [1.807, 2.05) is 52.0 Å². The van der Waals surface area contributed by atoms with Gasteiger partial charge in [-0.05, 0) is 38.0 Å². The van der Waals surface area contributed by atoms with Crippen molar-refractivity contribution in [2.45, 2.75) is 40.2 Å². The van der Waals surface area contributed by atoms with E-state index in [0.717, 1.165) is 35.1 Å². The minimum absolute atomic E-state index is 0.0183. The molecule has 0 spiro atoms. The Morgan fingerprint density at radius 1 is 1.32 bits per heavy atom. The van der Waals surface area contributed by atoms with Crippen molar-refractivity contribution in [3.63, 3.8) is 0 Å². The lowest BCUT2D eigenvalue weighted by Crippen LogP contribution is -2.42. The van der Waals surface area contributed by atoms with E-state index in [1.54, 1.807) is 11.8 Å². The normalized spacial score (nSPS) is 19.2. The molecule has 150 valence electrons. The van der Waals surface area contributed by atoms with E-state index in [2.05, 4.69) is 15.2 Å². The van der Waals surface area contributed by atoms with Crippen LogP contribution in [0.1, 0.15) is 45.7 Å². The lowest BCUT2D eigenvalue weighted by atomic mass is 9.94. The molecule has 2 aliphatic rings. The van der Waals surface area contributed by atoms with E-state index < -0.39 is 0 Å². The molecule has 1 amide bonds. The van der Waals surface area contributed by atoms with Crippen LogP contribution in [0, 0.1) is 5.92 Å². The molecule has 1 N–H and O–H groups in total. The zero-order chi connectivity index (χ0) is 20.3. The van der Waals surface area contributed by atoms with Gasteiger partial charge in [-0.2, -0.15) is 0 Å². The summed E-state index contributed by atoms with van der Waals surface area (Å²) in [6.07, 6.45) is 1.04. The standard InChI is InChI=1S/C21H27N3O3S/c1-5-27-20(26)17-14(4)22-21-24(11-6-12-28-21)18(17)15-7-9-16(10-8-15)23-19(25)13(2)3/h7-10,13,18H,5-6,11-12H2,1-4H3,(H,23,25). The number of benzene rings is 1. The highest BCUT2D eigenvalue weighted by atomic mass is 32.2. The maximum absolute atomic E-state index is 12.7. The molecule has 3 rings (SSSR count). The van der Waals surface area contributed by atoms with Crippen LogP contribution in [0.25, 0.3) is 0 Å². The van der Waals surface area contributed by atoms with Gasteiger partial charge in [-0.15, -0.1) is 0 Å². The second-order valence-electron chi connectivity index (χ2n) is 7.18. The highest BCUT2D eigenvalue weighted by Gasteiger charge is 2.37. The Labute approximate surface area is 170 Å². The van der Waals surface area contributed by atoms with Crippen molar-refractivity contribution >= 4 is 34.5 Å². The van der Waals surface area contributed by atoms with Gasteiger partial charge < -0.3 is 15.0 Å². The van der Waals surface area contributed by atoms with Crippen LogP contribution in [0.4, 0.5) is 5.69 Å². The second kappa shape index (κ2) is 8.82. The quantitative estimate of drug-likeness (QED) is 0.756. The zero-order valence-corrected chi connectivity index (χ0v) is 17.6. The first-order chi connectivity index (χ1) is 13.4. The van der Waals surface area contributed by atoms with E-state index in [1.165, 1.54) is 0 Å². The summed E-state index contributed by atoms with van der Waals surface area (Å²) in [6, 6.07) is 7.48. The maximum Gasteiger partial charge on any atom is 0.338 e. The third-order valence-corrected chi connectivity index (χ3v) is 5.85. The first kappa shape index (κ1) is 20.5. The molecule has 6 nitrogen and oxygen atoms in total. The van der Waals surface area contributed by atoms with Crippen molar-refractivity contribution in [2.75, 3.05) is 24.2 Å². The van der Waals surface area contributed by atoms with E-state index in [-0.39, 0.29) is 23.8 Å². The van der Waals surface area contributed by atoms with Crippen LogP contribution in [0.5, 0.6) is 0 Å². The molecule has 2 heterocycles. The molecule has 28 heavy (non-hydrogen) atoms. The minimum atomic E-state index is -0.319. The lowest BCUT2D eigenvalue weighted by Gasteiger charge is -2.40. The lowest BCUT2D eigenvalue weighted by molar-refractivity contribution is -0.139. The van der Waals surface area contributed by atoms with Crippen molar-refractivity contribution in [1.29, 1.82) is 0 Å². The number of amides is 1. The van der Waals surface area contributed by atoms with Gasteiger partial charge in [-0.25, -0.2) is 9.79 Å². The molecule has 0 saturated carbocycles. The summed E-state index contributed by atoms with van der Waals surface area (Å²) in [7, 11) is 0. The van der Waals surface area contributed by atoms with Gasteiger partial charge in [0.15, 0.2) is 5.17 Å². The third-order valence-electron chi connectivity index (χ3n) is 4.77. The Hall–Kier alpha value is -2.28. The van der Waals surface area contributed by atoms with Crippen LogP contribution in [0.2, 0.25) is 0 Å². The molecule has 0 bridgehead atoms. The Bertz CT molecular complexity index is 815. The number of rotatable bonds is 5. The Morgan fingerprint density at radius 3 is 2.68 bits per heavy atom. The van der Waals surface area contributed by atoms with Gasteiger partial charge in [0.1, 0.15) is 0 Å². The Kier molecular flexibility index (Phi) is 6.44. The third kappa shape index (κ3) is 4.24. The molecule has 1 aromatic carbocycles. The number of nitrogens with one attached hydrogen (secondary N) is 1. The number of fused-ring (bicyclic) bond motifs is 1. The van der Waals surface area contributed by atoms with Crippen LogP contribution in [0.3, 0.4) is 0 Å². The van der Waals surface area contributed by atoms with E-state index >= 15 is 0 Å². The summed E-state index contributed by atoms with van der Waals surface area (Å²) in [5.74, 6) is 0.614. The summed E-state index contributed by atoms with van der Waals surface area (Å²) >= 11 is 1.72. The number of aliphatic imine (C=N–C) groups is 1. The number of allylic oxidation sites excluding steroid dienone is 1. The molecule has 0 aliphatic carbocycles. The van der Waals surface area contributed by atoms with E-state index in [9.17, 15) is 9.59 Å². The number of thioether (sulfide) groups is 1. The van der Waals surface area contributed by atoms with Crippen LogP contribution in [-0.2, 0) is 14.3 Å². The van der Waals surface area contributed by atoms with Crippen molar-refractivity contribution in [3.8, 4) is 0 Å². The molecule has 2 aliphatic heterocycles. The van der Waals surface area contributed by atoms with Crippen LogP contribution >= 0.6 is 11.8 Å². The number of hydrogen-bond donors (Lipinski definition) is 1. The smallest absolute Gasteiger partial charge is 0.338 e. The number of hydrogen-bond acceptors (Lipinski definition) is 6. The van der Waals surface area contributed by atoms with Crippen molar-refractivity contribution < 1.29 is 14.3 Å². The predicted octanol–water partition coefficient (Wildman–Crippen LogP) is 3.97. The number of amidine groups is 1. The second-order valence-corrected chi connectivity index (χ2v) is 8.24. The van der Waals surface area contributed by atoms with Crippen LogP contribution in [0.15, 0.2) is 40.5 Å². The topological polar surface area (TPSA) is 71.0 Å². The van der Waals surface area contributed by atoms with Crippen molar-refractivity contribution in [2.24, 2.45) is 10.9 Å². The summed E-state index contributed by atoms with van der Waals surface area (Å²) < 4.78 is 5.33.